The fraction of sp³-hybridized carbons (Fsp3) is 0.483. The van der Waals surface area contributed by atoms with E-state index in [2.05, 4.69) is 44.0 Å². The van der Waals surface area contributed by atoms with Crippen LogP contribution in [0.3, 0.4) is 0 Å². The average Bonchev–Trinajstić information content (AvgIpc) is 2.81. The van der Waals surface area contributed by atoms with Crippen molar-refractivity contribution in [3.05, 3.63) is 52.4 Å². The van der Waals surface area contributed by atoms with Crippen molar-refractivity contribution < 1.29 is 4.74 Å². The first-order valence-corrected chi connectivity index (χ1v) is 12.4. The Labute approximate surface area is 202 Å². The maximum atomic E-state index is 5.88. The Kier molecular flexibility index (Phi) is 15.6. The van der Waals surface area contributed by atoms with E-state index >= 15 is 0 Å². The molecule has 1 aromatic carbocycles. The molecular formula is C29H47N3O. The number of nitrogens with zero attached hydrogens (tertiary/aromatic N) is 1. The second-order valence-corrected chi connectivity index (χ2v) is 7.76. The molecule has 4 nitrogen and oxygen atoms in total. The highest BCUT2D eigenvalue weighted by Crippen LogP contribution is 2.25. The van der Waals surface area contributed by atoms with Gasteiger partial charge in [-0.1, -0.05) is 64.6 Å². The molecule has 3 N–H and O–H groups in total. The van der Waals surface area contributed by atoms with Gasteiger partial charge in [-0.15, -0.1) is 0 Å². The van der Waals surface area contributed by atoms with Gasteiger partial charge >= 0.3 is 0 Å². The third-order valence-corrected chi connectivity index (χ3v) is 4.98. The second kappa shape index (κ2) is 17.0. The number of nitrogens with two attached hydrogens (primary N) is 1. The largest absolute Gasteiger partial charge is 0.496 e. The van der Waals surface area contributed by atoms with Crippen LogP contribution in [0.2, 0.25) is 0 Å². The van der Waals surface area contributed by atoms with Gasteiger partial charge in [0.25, 0.3) is 0 Å². The number of nitrogens with one attached hydrogen (secondary N) is 1. The molecule has 184 valence electrons. The Balaban J connectivity index is 0.00000242. The number of aromatic nitrogens is 1. The number of anilines is 1. The summed E-state index contributed by atoms with van der Waals surface area (Å²) in [5.41, 5.74) is 8.89. The monoisotopic (exact) mass is 453 g/mol. The summed E-state index contributed by atoms with van der Waals surface area (Å²) in [5, 5.41) is 5.56. The fourth-order valence-electron chi connectivity index (χ4n) is 3.28. The van der Waals surface area contributed by atoms with Crippen LogP contribution in [0.5, 0.6) is 5.75 Å². The summed E-state index contributed by atoms with van der Waals surface area (Å²) in [6.45, 7) is 20.6. The summed E-state index contributed by atoms with van der Waals surface area (Å²) in [6.07, 6.45) is 9.25. The maximum Gasteiger partial charge on any atom is 0.134 e. The first-order valence-electron chi connectivity index (χ1n) is 12.4. The summed E-state index contributed by atoms with van der Waals surface area (Å²) in [5.74, 6) is 1.72. The van der Waals surface area contributed by atoms with Crippen molar-refractivity contribution in [2.24, 2.45) is 5.73 Å². The van der Waals surface area contributed by atoms with Gasteiger partial charge in [0, 0.05) is 22.9 Å². The van der Waals surface area contributed by atoms with E-state index < -0.39 is 0 Å². The standard InChI is InChI=1S/C25H35N3O.2C2H6/c1-7-8-12-22-18(3)15-23(21-14-13-17(2)24(16-21)29-6)28-25(22)27-20(5)11-9-10-19(4)26;2*1-2/h7-8,12-16,19-20H,3,9-11,26H2,1-2,4-6H3,(H,27,28);2*1-2H3/b8-7-,22-12+;;. The molecule has 1 heterocycles. The zero-order valence-corrected chi connectivity index (χ0v) is 22.5. The van der Waals surface area contributed by atoms with E-state index in [9.17, 15) is 0 Å². The molecule has 0 aliphatic carbocycles. The normalized spacial score (nSPS) is 12.8. The predicted molar refractivity (Wildman–Crippen MR) is 148 cm³/mol. The Morgan fingerprint density at radius 2 is 1.79 bits per heavy atom. The van der Waals surface area contributed by atoms with Crippen molar-refractivity contribution in [1.29, 1.82) is 0 Å². The molecule has 0 amide bonds. The van der Waals surface area contributed by atoms with E-state index in [1.54, 1.807) is 7.11 Å². The van der Waals surface area contributed by atoms with Gasteiger partial charge in [0.2, 0.25) is 0 Å². The molecule has 2 atom stereocenters. The Morgan fingerprint density at radius 3 is 2.36 bits per heavy atom. The molecular weight excluding hydrogens is 406 g/mol. The van der Waals surface area contributed by atoms with E-state index in [4.69, 9.17) is 15.5 Å². The lowest BCUT2D eigenvalue weighted by Crippen LogP contribution is -2.31. The Morgan fingerprint density at radius 1 is 1.12 bits per heavy atom. The molecule has 2 aromatic rings. The van der Waals surface area contributed by atoms with Crippen LogP contribution in [-0.4, -0.2) is 24.2 Å². The average molecular weight is 454 g/mol. The van der Waals surface area contributed by atoms with Crippen LogP contribution >= 0.6 is 0 Å². The zero-order chi connectivity index (χ0) is 25.4. The predicted octanol–water partition coefficient (Wildman–Crippen LogP) is 6.20. The lowest BCUT2D eigenvalue weighted by molar-refractivity contribution is 0.412. The minimum absolute atomic E-state index is 0.241. The number of allylic oxidation sites excluding steroid dienone is 2. The number of hydrogen-bond donors (Lipinski definition) is 2. The summed E-state index contributed by atoms with van der Waals surface area (Å²) < 4.78 is 5.49. The highest BCUT2D eigenvalue weighted by molar-refractivity contribution is 5.65. The summed E-state index contributed by atoms with van der Waals surface area (Å²) in [7, 11) is 1.69. The third kappa shape index (κ3) is 10.3. The van der Waals surface area contributed by atoms with Crippen molar-refractivity contribution in [1.82, 2.24) is 4.98 Å². The topological polar surface area (TPSA) is 60.2 Å². The van der Waals surface area contributed by atoms with Crippen molar-refractivity contribution in [3.8, 4) is 17.0 Å². The van der Waals surface area contributed by atoms with Gasteiger partial charge in [0.15, 0.2) is 0 Å². The van der Waals surface area contributed by atoms with Crippen LogP contribution < -0.4 is 26.2 Å². The van der Waals surface area contributed by atoms with Gasteiger partial charge < -0.3 is 15.8 Å². The number of aryl methyl sites for hydroxylation is 1. The van der Waals surface area contributed by atoms with Crippen LogP contribution in [0.15, 0.2) is 36.4 Å². The molecule has 1 aromatic heterocycles. The number of ether oxygens (including phenoxy) is 1. The van der Waals surface area contributed by atoms with Crippen LogP contribution in [0.4, 0.5) is 5.82 Å². The molecule has 33 heavy (non-hydrogen) atoms. The van der Waals surface area contributed by atoms with Crippen molar-refractivity contribution in [2.45, 2.75) is 86.7 Å². The lowest BCUT2D eigenvalue weighted by Gasteiger charge is -2.17. The minimum Gasteiger partial charge on any atom is -0.496 e. The van der Waals surface area contributed by atoms with Gasteiger partial charge in [-0.25, -0.2) is 4.98 Å². The Bertz CT molecular complexity index is 948. The van der Waals surface area contributed by atoms with Gasteiger partial charge in [-0.2, -0.15) is 0 Å². The molecule has 2 rings (SSSR count). The van der Waals surface area contributed by atoms with Crippen LogP contribution in [0, 0.1) is 6.92 Å². The molecule has 0 bridgehead atoms. The Hall–Kier alpha value is -2.59. The molecule has 0 radical (unpaired) electrons. The van der Waals surface area contributed by atoms with E-state index in [0.717, 1.165) is 58.1 Å². The molecule has 0 fully saturated rings. The van der Waals surface area contributed by atoms with Crippen LogP contribution in [0.25, 0.3) is 23.9 Å². The molecule has 2 unspecified atom stereocenters. The first kappa shape index (κ1) is 30.4. The lowest BCUT2D eigenvalue weighted by atomic mass is 10.1. The van der Waals surface area contributed by atoms with Gasteiger partial charge in [0.05, 0.1) is 12.8 Å². The molecule has 0 spiro atoms. The van der Waals surface area contributed by atoms with Gasteiger partial charge in [-0.3, -0.25) is 0 Å². The summed E-state index contributed by atoms with van der Waals surface area (Å²) in [4.78, 5) is 4.95. The number of benzene rings is 1. The quantitative estimate of drug-likeness (QED) is 0.474. The minimum atomic E-state index is 0.241. The second-order valence-electron chi connectivity index (χ2n) is 7.76. The molecule has 0 aliphatic rings. The highest BCUT2D eigenvalue weighted by Gasteiger charge is 2.10. The van der Waals surface area contributed by atoms with Crippen molar-refractivity contribution in [2.75, 3.05) is 12.4 Å². The molecule has 0 saturated heterocycles. The van der Waals surface area contributed by atoms with E-state index in [0.29, 0.717) is 6.04 Å². The maximum absolute atomic E-state index is 5.88. The summed E-state index contributed by atoms with van der Waals surface area (Å²) in [6, 6.07) is 8.73. The zero-order valence-electron chi connectivity index (χ0n) is 22.5. The molecule has 0 saturated carbocycles. The van der Waals surface area contributed by atoms with E-state index in [1.165, 1.54) is 0 Å². The number of methoxy groups -OCH3 is 1. The van der Waals surface area contributed by atoms with E-state index in [-0.39, 0.29) is 6.04 Å². The van der Waals surface area contributed by atoms with Crippen molar-refractivity contribution in [3.63, 3.8) is 0 Å². The third-order valence-electron chi connectivity index (χ3n) is 4.98. The number of hydrogen-bond acceptors (Lipinski definition) is 4. The molecule has 4 heteroatoms. The fourth-order valence-corrected chi connectivity index (χ4v) is 3.28. The van der Waals surface area contributed by atoms with Crippen LogP contribution in [-0.2, 0) is 0 Å². The summed E-state index contributed by atoms with van der Waals surface area (Å²) >= 11 is 0. The van der Waals surface area contributed by atoms with Gasteiger partial charge in [-0.05, 0) is 69.9 Å². The van der Waals surface area contributed by atoms with E-state index in [1.807, 2.05) is 65.8 Å². The van der Waals surface area contributed by atoms with Crippen molar-refractivity contribution >= 4 is 18.5 Å². The number of rotatable bonds is 9. The smallest absolute Gasteiger partial charge is 0.134 e. The van der Waals surface area contributed by atoms with Crippen LogP contribution in [0.1, 0.15) is 73.3 Å². The van der Waals surface area contributed by atoms with Gasteiger partial charge in [0.1, 0.15) is 11.6 Å². The highest BCUT2D eigenvalue weighted by atomic mass is 16.5. The number of pyridine rings is 1. The SMILES string of the molecule is C=c1cc(-c2ccc(C)c(OC)c2)nc(NC(C)CCCC(C)N)/c1=C/C=C\C.CC.CC. The first-order chi connectivity index (χ1) is 15.8. The molecule has 0 aliphatic heterocycles.